The molecule has 0 aliphatic carbocycles. The number of halogens is 1. The first-order valence-electron chi connectivity index (χ1n) is 10.8. The smallest absolute Gasteiger partial charge is 0.246 e. The predicted octanol–water partition coefficient (Wildman–Crippen LogP) is 3.73. The molecule has 1 unspecified atom stereocenters. The van der Waals surface area contributed by atoms with Crippen molar-refractivity contribution in [3.05, 3.63) is 54.0 Å². The van der Waals surface area contributed by atoms with E-state index in [1.54, 1.807) is 11.2 Å². The van der Waals surface area contributed by atoms with Gasteiger partial charge in [0.1, 0.15) is 24.5 Å². The second kappa shape index (κ2) is 7.45. The Balaban J connectivity index is 1.53. The maximum Gasteiger partial charge on any atom is 0.246 e. The van der Waals surface area contributed by atoms with E-state index in [1.807, 2.05) is 24.4 Å². The van der Waals surface area contributed by atoms with E-state index in [-0.39, 0.29) is 11.9 Å². The fraction of sp³-hybridized carbons (Fsp3) is 0.250. The molecule has 0 radical (unpaired) electrons. The van der Waals surface area contributed by atoms with Crippen molar-refractivity contribution in [2.24, 2.45) is 0 Å². The molecule has 166 valence electrons. The summed E-state index contributed by atoms with van der Waals surface area (Å²) in [6.45, 7) is 7.87. The van der Waals surface area contributed by atoms with Crippen LogP contribution in [-0.2, 0) is 4.79 Å². The molecule has 1 amide bonds. The van der Waals surface area contributed by atoms with Gasteiger partial charge in [0.15, 0.2) is 0 Å². The average molecular weight is 461 g/mol. The number of ether oxygens (including phenoxy) is 1. The standard InChI is InChI=1S/C24H21ClN6O2/c1-3-19(32)30-6-7-31-14(10-30)11-33-18-8-15(22(25)23-21(18)24(31)27-12-26-23)20-13(2)4-5-17-16(20)9-28-29-17/h3-5,8-9,12,14H,1,6-7,10-11H2,2H3,(H,28,29). The molecule has 1 atom stereocenters. The Morgan fingerprint density at radius 1 is 1.33 bits per heavy atom. The highest BCUT2D eigenvalue weighted by atomic mass is 35.5. The fourth-order valence-electron chi connectivity index (χ4n) is 4.95. The van der Waals surface area contributed by atoms with Gasteiger partial charge in [-0.2, -0.15) is 5.10 Å². The highest BCUT2D eigenvalue weighted by molar-refractivity contribution is 6.39. The van der Waals surface area contributed by atoms with Gasteiger partial charge in [-0.1, -0.05) is 24.2 Å². The number of fused-ring (bicyclic) bond motifs is 3. The first-order chi connectivity index (χ1) is 16.1. The molecule has 0 bridgehead atoms. The summed E-state index contributed by atoms with van der Waals surface area (Å²) >= 11 is 6.99. The van der Waals surface area contributed by atoms with Gasteiger partial charge >= 0.3 is 0 Å². The van der Waals surface area contributed by atoms with Crippen molar-refractivity contribution < 1.29 is 9.53 Å². The number of nitrogens with one attached hydrogen (secondary N) is 1. The minimum Gasteiger partial charge on any atom is -0.490 e. The molecule has 1 saturated heterocycles. The number of amides is 1. The van der Waals surface area contributed by atoms with Crippen molar-refractivity contribution in [2.45, 2.75) is 13.0 Å². The van der Waals surface area contributed by atoms with Crippen molar-refractivity contribution in [1.82, 2.24) is 25.1 Å². The fourth-order valence-corrected chi connectivity index (χ4v) is 5.25. The monoisotopic (exact) mass is 460 g/mol. The van der Waals surface area contributed by atoms with E-state index in [2.05, 4.69) is 38.6 Å². The van der Waals surface area contributed by atoms with Gasteiger partial charge in [-0.3, -0.25) is 9.89 Å². The molecule has 4 heterocycles. The average Bonchev–Trinajstić information content (AvgIpc) is 3.25. The van der Waals surface area contributed by atoms with Crippen LogP contribution in [0.5, 0.6) is 5.75 Å². The molecule has 33 heavy (non-hydrogen) atoms. The largest absolute Gasteiger partial charge is 0.490 e. The minimum atomic E-state index is -0.0711. The molecule has 0 spiro atoms. The quantitative estimate of drug-likeness (QED) is 0.459. The predicted molar refractivity (Wildman–Crippen MR) is 128 cm³/mol. The highest BCUT2D eigenvalue weighted by Gasteiger charge is 2.35. The second-order valence-electron chi connectivity index (χ2n) is 8.39. The van der Waals surface area contributed by atoms with Crippen LogP contribution >= 0.6 is 11.6 Å². The van der Waals surface area contributed by atoms with Gasteiger partial charge in [0.25, 0.3) is 0 Å². The number of anilines is 1. The number of carbonyl (C=O) groups excluding carboxylic acids is 1. The van der Waals surface area contributed by atoms with Gasteiger partial charge < -0.3 is 14.5 Å². The molecule has 2 aliphatic rings. The summed E-state index contributed by atoms with van der Waals surface area (Å²) in [5, 5.41) is 9.58. The number of H-pyrrole nitrogens is 1. The molecule has 2 aromatic heterocycles. The number of nitrogens with zero attached hydrogens (tertiary/aromatic N) is 5. The molecule has 9 heteroatoms. The zero-order valence-corrected chi connectivity index (χ0v) is 18.8. The van der Waals surface area contributed by atoms with Gasteiger partial charge in [0.2, 0.25) is 5.91 Å². The van der Waals surface area contributed by atoms with E-state index in [9.17, 15) is 4.79 Å². The Morgan fingerprint density at radius 2 is 2.21 bits per heavy atom. The minimum absolute atomic E-state index is 0.0329. The van der Waals surface area contributed by atoms with E-state index in [0.29, 0.717) is 42.5 Å². The molecule has 4 aromatic rings. The summed E-state index contributed by atoms with van der Waals surface area (Å²) in [4.78, 5) is 25.4. The summed E-state index contributed by atoms with van der Waals surface area (Å²) in [6, 6.07) is 6.01. The Morgan fingerprint density at radius 3 is 3.06 bits per heavy atom. The lowest BCUT2D eigenvalue weighted by Gasteiger charge is -2.40. The zero-order valence-electron chi connectivity index (χ0n) is 18.0. The van der Waals surface area contributed by atoms with Crippen molar-refractivity contribution >= 4 is 45.1 Å². The number of hydrogen-bond donors (Lipinski definition) is 1. The van der Waals surface area contributed by atoms with Gasteiger partial charge in [-0.15, -0.1) is 0 Å². The lowest BCUT2D eigenvalue weighted by molar-refractivity contribution is -0.126. The van der Waals surface area contributed by atoms with E-state index < -0.39 is 0 Å². The third-order valence-corrected chi connectivity index (χ3v) is 6.95. The number of benzene rings is 2. The highest BCUT2D eigenvalue weighted by Crippen LogP contribution is 2.46. The molecule has 6 rings (SSSR count). The van der Waals surface area contributed by atoms with Crippen LogP contribution in [-0.4, -0.2) is 63.3 Å². The van der Waals surface area contributed by atoms with Gasteiger partial charge in [0.05, 0.1) is 33.7 Å². The van der Waals surface area contributed by atoms with Crippen LogP contribution in [0.25, 0.3) is 32.9 Å². The van der Waals surface area contributed by atoms with Crippen LogP contribution in [0.4, 0.5) is 5.82 Å². The SMILES string of the molecule is C=CC(=O)N1CCN2c3ncnc4c(Cl)c(-c5c(C)ccc6[nH]ncc56)cc(c34)OCC2C1. The molecular formula is C24H21ClN6O2. The summed E-state index contributed by atoms with van der Waals surface area (Å²) in [6.07, 6.45) is 4.72. The van der Waals surface area contributed by atoms with Crippen LogP contribution in [0.3, 0.4) is 0 Å². The molecule has 1 fully saturated rings. The lowest BCUT2D eigenvalue weighted by Crippen LogP contribution is -2.56. The number of piperazine rings is 1. The van der Waals surface area contributed by atoms with E-state index in [4.69, 9.17) is 16.3 Å². The van der Waals surface area contributed by atoms with E-state index in [1.165, 1.54) is 6.08 Å². The van der Waals surface area contributed by atoms with Crippen molar-refractivity contribution in [3.63, 3.8) is 0 Å². The maximum absolute atomic E-state index is 12.2. The molecule has 2 aromatic carbocycles. The second-order valence-corrected chi connectivity index (χ2v) is 8.77. The molecule has 2 aliphatic heterocycles. The Kier molecular flexibility index (Phi) is 4.51. The number of hydrogen-bond acceptors (Lipinski definition) is 6. The third-order valence-electron chi connectivity index (χ3n) is 6.57. The first kappa shape index (κ1) is 20.0. The van der Waals surface area contributed by atoms with Crippen molar-refractivity contribution in [3.8, 4) is 16.9 Å². The maximum atomic E-state index is 12.2. The summed E-state index contributed by atoms with van der Waals surface area (Å²) in [7, 11) is 0. The van der Waals surface area contributed by atoms with Crippen LogP contribution < -0.4 is 9.64 Å². The zero-order chi connectivity index (χ0) is 22.7. The number of carbonyl (C=O) groups is 1. The topological polar surface area (TPSA) is 87.2 Å². The van der Waals surface area contributed by atoms with E-state index in [0.717, 1.165) is 38.8 Å². The molecular weight excluding hydrogens is 440 g/mol. The van der Waals surface area contributed by atoms with Crippen LogP contribution in [0.15, 0.2) is 43.4 Å². The molecule has 0 saturated carbocycles. The Hall–Kier alpha value is -3.65. The summed E-state index contributed by atoms with van der Waals surface area (Å²) in [5.41, 5.74) is 4.51. The number of aromatic nitrogens is 4. The Labute approximate surface area is 194 Å². The van der Waals surface area contributed by atoms with Crippen LogP contribution in [0.2, 0.25) is 5.02 Å². The number of rotatable bonds is 2. The van der Waals surface area contributed by atoms with Crippen LogP contribution in [0.1, 0.15) is 5.56 Å². The van der Waals surface area contributed by atoms with Gasteiger partial charge in [-0.05, 0) is 36.3 Å². The summed E-state index contributed by atoms with van der Waals surface area (Å²) in [5.74, 6) is 1.41. The van der Waals surface area contributed by atoms with Crippen molar-refractivity contribution in [2.75, 3.05) is 31.1 Å². The van der Waals surface area contributed by atoms with Crippen LogP contribution in [0, 0.1) is 6.92 Å². The lowest BCUT2D eigenvalue weighted by atomic mass is 9.95. The Bertz CT molecular complexity index is 1450. The first-order valence-corrected chi connectivity index (χ1v) is 11.2. The van der Waals surface area contributed by atoms with Gasteiger partial charge in [0, 0.05) is 30.6 Å². The number of aryl methyl sites for hydroxylation is 1. The summed E-state index contributed by atoms with van der Waals surface area (Å²) < 4.78 is 6.33. The molecule has 8 nitrogen and oxygen atoms in total. The van der Waals surface area contributed by atoms with Gasteiger partial charge in [-0.25, -0.2) is 9.97 Å². The number of aromatic amines is 1. The van der Waals surface area contributed by atoms with E-state index >= 15 is 0 Å². The van der Waals surface area contributed by atoms with Crippen molar-refractivity contribution in [1.29, 1.82) is 0 Å². The molecule has 1 N–H and O–H groups in total. The normalized spacial score (nSPS) is 17.6. The third kappa shape index (κ3) is 2.97.